The van der Waals surface area contributed by atoms with Crippen LogP contribution in [0.2, 0.25) is 0 Å². The van der Waals surface area contributed by atoms with Gasteiger partial charge in [0.05, 0.1) is 0 Å². The molecule has 0 fully saturated rings. The third kappa shape index (κ3) is 4.68. The molecule has 1 amide bonds. The monoisotopic (exact) mass is 404 g/mol. The first-order chi connectivity index (χ1) is 12.7. The minimum absolute atomic E-state index is 0. The lowest BCUT2D eigenvalue weighted by atomic mass is 9.98. The summed E-state index contributed by atoms with van der Waals surface area (Å²) >= 11 is 1.33. The molecule has 4 rings (SSSR count). The maximum absolute atomic E-state index is 13.0. The molecule has 0 atom stereocenters. The van der Waals surface area contributed by atoms with E-state index >= 15 is 0 Å². The Morgan fingerprint density at radius 1 is 1.15 bits per heavy atom. The summed E-state index contributed by atoms with van der Waals surface area (Å²) in [6.07, 6.45) is 1.48. The minimum Gasteiger partial charge on any atom is -0.312 e. The molecule has 140 valence electrons. The number of halogens is 2. The van der Waals surface area contributed by atoms with Crippen LogP contribution in [0.3, 0.4) is 0 Å². The van der Waals surface area contributed by atoms with Gasteiger partial charge in [0.1, 0.15) is 10.8 Å². The lowest BCUT2D eigenvalue weighted by molar-refractivity contribution is 0.102. The van der Waals surface area contributed by atoms with Gasteiger partial charge in [-0.25, -0.2) is 4.39 Å². The standard InChI is InChI=1S/C19H17FN4OS.ClH/c20-16-5-1-12(2-6-16)9-17-23-24-19(26-17)22-18(25)14-3-4-15-11-21-8-7-13(15)10-14;/h1-6,10,21H,7-9,11H2,(H,22,24,25);1H. The summed E-state index contributed by atoms with van der Waals surface area (Å²) in [5.41, 5.74) is 4.03. The van der Waals surface area contributed by atoms with Crippen LogP contribution >= 0.6 is 23.7 Å². The maximum atomic E-state index is 13.0. The number of hydrogen-bond donors (Lipinski definition) is 2. The van der Waals surface area contributed by atoms with Gasteiger partial charge < -0.3 is 5.32 Å². The van der Waals surface area contributed by atoms with Crippen molar-refractivity contribution in [1.29, 1.82) is 0 Å². The SMILES string of the molecule is Cl.O=C(Nc1nnc(Cc2ccc(F)cc2)s1)c1ccc2c(c1)CCNC2. The van der Waals surface area contributed by atoms with Crippen molar-refractivity contribution in [2.45, 2.75) is 19.4 Å². The number of nitrogens with one attached hydrogen (secondary N) is 2. The Kier molecular flexibility index (Phi) is 6.15. The van der Waals surface area contributed by atoms with Gasteiger partial charge in [0.25, 0.3) is 5.91 Å². The van der Waals surface area contributed by atoms with Gasteiger partial charge in [0.2, 0.25) is 5.13 Å². The molecule has 5 nitrogen and oxygen atoms in total. The van der Waals surface area contributed by atoms with Crippen LogP contribution < -0.4 is 10.6 Å². The van der Waals surface area contributed by atoms with E-state index in [-0.39, 0.29) is 24.1 Å². The summed E-state index contributed by atoms with van der Waals surface area (Å²) in [5.74, 6) is -0.449. The third-order valence-corrected chi connectivity index (χ3v) is 5.15. The molecule has 2 N–H and O–H groups in total. The van der Waals surface area contributed by atoms with E-state index in [1.54, 1.807) is 12.1 Å². The zero-order chi connectivity index (χ0) is 17.9. The van der Waals surface area contributed by atoms with Crippen molar-refractivity contribution in [3.8, 4) is 0 Å². The molecule has 0 saturated heterocycles. The fraction of sp³-hybridized carbons (Fsp3) is 0.211. The average Bonchev–Trinajstić information content (AvgIpc) is 3.10. The number of nitrogens with zero attached hydrogens (tertiary/aromatic N) is 2. The molecule has 3 aromatic rings. The van der Waals surface area contributed by atoms with Gasteiger partial charge >= 0.3 is 0 Å². The molecular formula is C19H18ClFN4OS. The second kappa shape index (κ2) is 8.56. The molecule has 0 bridgehead atoms. The topological polar surface area (TPSA) is 66.9 Å². The molecule has 1 aromatic heterocycles. The molecule has 8 heteroatoms. The molecule has 1 aliphatic rings. The largest absolute Gasteiger partial charge is 0.312 e. The smallest absolute Gasteiger partial charge is 0.257 e. The second-order valence-electron chi connectivity index (χ2n) is 6.17. The van der Waals surface area contributed by atoms with Crippen LogP contribution in [0.4, 0.5) is 9.52 Å². The molecule has 0 saturated carbocycles. The van der Waals surface area contributed by atoms with Gasteiger partial charge in [-0.1, -0.05) is 29.5 Å². The lowest BCUT2D eigenvalue weighted by Gasteiger charge is -2.17. The number of hydrogen-bond acceptors (Lipinski definition) is 5. The Bertz CT molecular complexity index is 945. The average molecular weight is 405 g/mol. The van der Waals surface area contributed by atoms with E-state index in [1.807, 2.05) is 18.2 Å². The van der Waals surface area contributed by atoms with E-state index in [1.165, 1.54) is 34.6 Å². The molecule has 1 aliphatic heterocycles. The summed E-state index contributed by atoms with van der Waals surface area (Å²) in [7, 11) is 0. The van der Waals surface area contributed by atoms with Gasteiger partial charge in [0, 0.05) is 18.5 Å². The highest BCUT2D eigenvalue weighted by Crippen LogP contribution is 2.21. The number of fused-ring (bicyclic) bond motifs is 1. The van der Waals surface area contributed by atoms with Crippen molar-refractivity contribution in [3.05, 3.63) is 75.5 Å². The zero-order valence-electron chi connectivity index (χ0n) is 14.4. The molecule has 0 unspecified atom stereocenters. The minimum atomic E-state index is -0.264. The zero-order valence-corrected chi connectivity index (χ0v) is 16.0. The normalized spacial score (nSPS) is 12.8. The summed E-state index contributed by atoms with van der Waals surface area (Å²) in [4.78, 5) is 12.5. The number of carbonyl (C=O) groups is 1. The first-order valence-electron chi connectivity index (χ1n) is 8.38. The molecule has 27 heavy (non-hydrogen) atoms. The van der Waals surface area contributed by atoms with Gasteiger partial charge in [-0.2, -0.15) is 0 Å². The molecule has 0 aliphatic carbocycles. The first-order valence-corrected chi connectivity index (χ1v) is 9.20. The summed E-state index contributed by atoms with van der Waals surface area (Å²) in [5, 5.41) is 15.5. The van der Waals surface area contributed by atoms with Crippen molar-refractivity contribution in [2.24, 2.45) is 0 Å². The fourth-order valence-corrected chi connectivity index (χ4v) is 3.71. The fourth-order valence-electron chi connectivity index (χ4n) is 2.94. The maximum Gasteiger partial charge on any atom is 0.257 e. The Balaban J connectivity index is 0.00000210. The predicted octanol–water partition coefficient (Wildman–Crippen LogP) is 3.59. The number of carbonyl (C=O) groups excluding carboxylic acids is 1. The Labute approximate surface area is 166 Å². The molecule has 2 heterocycles. The van der Waals surface area contributed by atoms with Gasteiger partial charge in [-0.15, -0.1) is 22.6 Å². The Morgan fingerprint density at radius 2 is 1.96 bits per heavy atom. The van der Waals surface area contributed by atoms with Crippen LogP contribution in [0, 0.1) is 5.82 Å². The summed E-state index contributed by atoms with van der Waals surface area (Å²) in [6.45, 7) is 1.78. The van der Waals surface area contributed by atoms with Crippen molar-refractivity contribution in [1.82, 2.24) is 15.5 Å². The van der Waals surface area contributed by atoms with E-state index in [9.17, 15) is 9.18 Å². The van der Waals surface area contributed by atoms with Crippen LogP contribution in [0.5, 0.6) is 0 Å². The molecular weight excluding hydrogens is 387 g/mol. The predicted molar refractivity (Wildman–Crippen MR) is 106 cm³/mol. The summed E-state index contributed by atoms with van der Waals surface area (Å²) in [6, 6.07) is 12.1. The molecule has 2 aromatic carbocycles. The highest BCUT2D eigenvalue weighted by atomic mass is 35.5. The Morgan fingerprint density at radius 3 is 2.78 bits per heavy atom. The van der Waals surface area contributed by atoms with Crippen LogP contribution in [0.1, 0.15) is 32.1 Å². The van der Waals surface area contributed by atoms with Crippen LogP contribution in [-0.2, 0) is 19.4 Å². The van der Waals surface area contributed by atoms with Gasteiger partial charge in [-0.3, -0.25) is 10.1 Å². The van der Waals surface area contributed by atoms with E-state index in [0.29, 0.717) is 17.1 Å². The number of anilines is 1. The highest BCUT2D eigenvalue weighted by molar-refractivity contribution is 7.15. The third-order valence-electron chi connectivity index (χ3n) is 4.31. The Hall–Kier alpha value is -2.35. The quantitative estimate of drug-likeness (QED) is 0.697. The number of amides is 1. The van der Waals surface area contributed by atoms with E-state index in [4.69, 9.17) is 0 Å². The molecule has 0 radical (unpaired) electrons. The van der Waals surface area contributed by atoms with Crippen molar-refractivity contribution in [3.63, 3.8) is 0 Å². The lowest BCUT2D eigenvalue weighted by Crippen LogP contribution is -2.24. The summed E-state index contributed by atoms with van der Waals surface area (Å²) < 4.78 is 13.0. The van der Waals surface area contributed by atoms with Crippen molar-refractivity contribution < 1.29 is 9.18 Å². The van der Waals surface area contributed by atoms with E-state index in [2.05, 4.69) is 20.8 Å². The van der Waals surface area contributed by atoms with Gasteiger partial charge in [0.15, 0.2) is 0 Å². The molecule has 0 spiro atoms. The highest BCUT2D eigenvalue weighted by Gasteiger charge is 2.14. The van der Waals surface area contributed by atoms with E-state index in [0.717, 1.165) is 30.1 Å². The van der Waals surface area contributed by atoms with Crippen molar-refractivity contribution in [2.75, 3.05) is 11.9 Å². The second-order valence-corrected chi connectivity index (χ2v) is 7.23. The number of rotatable bonds is 4. The van der Waals surface area contributed by atoms with Crippen LogP contribution in [0.25, 0.3) is 0 Å². The van der Waals surface area contributed by atoms with E-state index < -0.39 is 0 Å². The van der Waals surface area contributed by atoms with Crippen molar-refractivity contribution >= 4 is 34.8 Å². The van der Waals surface area contributed by atoms with Crippen LogP contribution in [0.15, 0.2) is 42.5 Å². The first kappa shape index (κ1) is 19.4. The van der Waals surface area contributed by atoms with Crippen LogP contribution in [-0.4, -0.2) is 22.6 Å². The number of aromatic nitrogens is 2. The number of benzene rings is 2. The van der Waals surface area contributed by atoms with Gasteiger partial charge in [-0.05, 0) is 53.9 Å².